The van der Waals surface area contributed by atoms with Crippen LogP contribution in [0.15, 0.2) is 0 Å². The Balaban J connectivity index is 2.49. The number of amides is 1. The monoisotopic (exact) mass is 271 g/mol. The first-order valence-corrected chi connectivity index (χ1v) is 6.75. The zero-order valence-electron chi connectivity index (χ0n) is 10.9. The molecule has 3 N–H and O–H groups in total. The van der Waals surface area contributed by atoms with Crippen molar-refractivity contribution in [1.29, 1.82) is 0 Å². The minimum absolute atomic E-state index is 0.0802. The van der Waals surface area contributed by atoms with Crippen molar-refractivity contribution in [3.8, 4) is 0 Å². The summed E-state index contributed by atoms with van der Waals surface area (Å²) < 4.78 is 0. The maximum Gasteiger partial charge on any atom is 0.326 e. The molecule has 1 unspecified atom stereocenters. The van der Waals surface area contributed by atoms with Gasteiger partial charge in [0.05, 0.1) is 0 Å². The average Bonchev–Trinajstić information content (AvgIpc) is 2.62. The summed E-state index contributed by atoms with van der Waals surface area (Å²) in [7, 11) is 0. The normalized spacial score (nSPS) is 18.3. The lowest BCUT2D eigenvalue weighted by atomic mass is 9.98. The predicted molar refractivity (Wildman–Crippen MR) is 67.6 cm³/mol. The van der Waals surface area contributed by atoms with Crippen molar-refractivity contribution in [3.63, 3.8) is 0 Å². The van der Waals surface area contributed by atoms with Gasteiger partial charge in [-0.3, -0.25) is 9.59 Å². The van der Waals surface area contributed by atoms with E-state index in [0.717, 1.165) is 38.5 Å². The van der Waals surface area contributed by atoms with Gasteiger partial charge in [0.25, 0.3) is 0 Å². The number of aliphatic carboxylic acids is 2. The molecule has 0 aliphatic heterocycles. The minimum atomic E-state index is -1.18. The van der Waals surface area contributed by atoms with Crippen LogP contribution in [0, 0.1) is 5.92 Å². The van der Waals surface area contributed by atoms with Crippen LogP contribution in [0.5, 0.6) is 0 Å². The summed E-state index contributed by atoms with van der Waals surface area (Å²) in [5.41, 5.74) is 0. The molecular weight excluding hydrogens is 250 g/mol. The van der Waals surface area contributed by atoms with Crippen LogP contribution in [0.4, 0.5) is 0 Å². The lowest BCUT2D eigenvalue weighted by Gasteiger charge is -2.18. The van der Waals surface area contributed by atoms with E-state index in [0.29, 0.717) is 0 Å². The van der Waals surface area contributed by atoms with Crippen LogP contribution >= 0.6 is 0 Å². The van der Waals surface area contributed by atoms with E-state index in [4.69, 9.17) is 10.2 Å². The average molecular weight is 271 g/mol. The fourth-order valence-corrected chi connectivity index (χ4v) is 2.36. The first kappa shape index (κ1) is 15.5. The molecule has 0 saturated heterocycles. The van der Waals surface area contributed by atoms with Crippen molar-refractivity contribution >= 4 is 17.8 Å². The van der Waals surface area contributed by atoms with Gasteiger partial charge in [0.2, 0.25) is 5.91 Å². The number of carbonyl (C=O) groups is 3. The van der Waals surface area contributed by atoms with Crippen LogP contribution in [0.25, 0.3) is 0 Å². The Morgan fingerprint density at radius 1 is 1.05 bits per heavy atom. The zero-order valence-corrected chi connectivity index (χ0v) is 10.9. The van der Waals surface area contributed by atoms with Gasteiger partial charge >= 0.3 is 11.9 Å². The number of carboxylic acid groups (broad SMARTS) is 2. The molecule has 1 atom stereocenters. The number of hydrogen-bond acceptors (Lipinski definition) is 3. The molecule has 0 aromatic carbocycles. The van der Waals surface area contributed by atoms with Gasteiger partial charge in [-0.25, -0.2) is 4.79 Å². The van der Waals surface area contributed by atoms with E-state index in [1.54, 1.807) is 0 Å². The maximum absolute atomic E-state index is 12.0. The molecule has 108 valence electrons. The molecule has 0 heterocycles. The molecule has 6 heteroatoms. The van der Waals surface area contributed by atoms with Crippen molar-refractivity contribution in [2.75, 3.05) is 0 Å². The zero-order chi connectivity index (χ0) is 14.3. The maximum atomic E-state index is 12.0. The molecule has 0 radical (unpaired) electrons. The summed E-state index contributed by atoms with van der Waals surface area (Å²) >= 11 is 0. The van der Waals surface area contributed by atoms with Gasteiger partial charge in [-0.15, -0.1) is 0 Å². The van der Waals surface area contributed by atoms with E-state index >= 15 is 0 Å². The highest BCUT2D eigenvalue weighted by Gasteiger charge is 2.26. The van der Waals surface area contributed by atoms with Gasteiger partial charge in [0.15, 0.2) is 0 Å². The van der Waals surface area contributed by atoms with Crippen LogP contribution in [0.1, 0.15) is 51.4 Å². The van der Waals surface area contributed by atoms with Crippen molar-refractivity contribution < 1.29 is 24.6 Å². The summed E-state index contributed by atoms with van der Waals surface area (Å²) in [6.45, 7) is 0. The first-order valence-electron chi connectivity index (χ1n) is 6.75. The second-order valence-corrected chi connectivity index (χ2v) is 5.02. The van der Waals surface area contributed by atoms with Gasteiger partial charge in [-0.1, -0.05) is 25.7 Å². The van der Waals surface area contributed by atoms with Crippen molar-refractivity contribution in [2.24, 2.45) is 5.92 Å². The Bertz CT molecular complexity index is 334. The summed E-state index contributed by atoms with van der Waals surface area (Å²) in [4.78, 5) is 33.4. The third-order valence-corrected chi connectivity index (χ3v) is 3.49. The topological polar surface area (TPSA) is 104 Å². The molecule has 0 bridgehead atoms. The number of hydrogen-bond donors (Lipinski definition) is 3. The standard InChI is InChI=1S/C13H21NO5/c15-11(16)8-7-10(13(18)19)14-12(17)9-5-3-1-2-4-6-9/h9-10H,1-8H2,(H,14,17)(H,15,16)(H,18,19). The smallest absolute Gasteiger partial charge is 0.326 e. The van der Waals surface area contributed by atoms with E-state index in [1.165, 1.54) is 0 Å². The van der Waals surface area contributed by atoms with Crippen molar-refractivity contribution in [1.82, 2.24) is 5.32 Å². The second-order valence-electron chi connectivity index (χ2n) is 5.02. The van der Waals surface area contributed by atoms with E-state index in [1.807, 2.05) is 0 Å². The number of nitrogens with one attached hydrogen (secondary N) is 1. The molecule has 0 aromatic rings. The molecule has 0 spiro atoms. The minimum Gasteiger partial charge on any atom is -0.481 e. The Morgan fingerprint density at radius 2 is 1.63 bits per heavy atom. The van der Waals surface area contributed by atoms with Crippen molar-refractivity contribution in [3.05, 3.63) is 0 Å². The third kappa shape index (κ3) is 5.72. The van der Waals surface area contributed by atoms with Crippen molar-refractivity contribution in [2.45, 2.75) is 57.4 Å². The van der Waals surface area contributed by atoms with E-state index in [-0.39, 0.29) is 24.7 Å². The summed E-state index contributed by atoms with van der Waals surface area (Å²) in [5, 5.41) is 20.0. The largest absolute Gasteiger partial charge is 0.481 e. The molecule has 1 rings (SSSR count). The molecule has 6 nitrogen and oxygen atoms in total. The quantitative estimate of drug-likeness (QED) is 0.633. The molecule has 1 aliphatic rings. The predicted octanol–water partition coefficient (Wildman–Crippen LogP) is 1.39. The van der Waals surface area contributed by atoms with E-state index < -0.39 is 18.0 Å². The van der Waals surface area contributed by atoms with E-state index in [9.17, 15) is 14.4 Å². The summed E-state index contributed by atoms with van der Waals surface area (Å²) in [6.07, 6.45) is 5.45. The van der Waals surface area contributed by atoms with Crippen LogP contribution in [0.2, 0.25) is 0 Å². The molecule has 1 saturated carbocycles. The Hall–Kier alpha value is -1.59. The molecular formula is C13H21NO5. The molecule has 0 aromatic heterocycles. The van der Waals surface area contributed by atoms with Crippen LogP contribution < -0.4 is 5.32 Å². The SMILES string of the molecule is O=C(O)CCC(NC(=O)C1CCCCCC1)C(=O)O. The van der Waals surface area contributed by atoms with Gasteiger partial charge in [-0.2, -0.15) is 0 Å². The molecule has 1 fully saturated rings. The van der Waals surface area contributed by atoms with Gasteiger partial charge < -0.3 is 15.5 Å². The van der Waals surface area contributed by atoms with Gasteiger partial charge in [-0.05, 0) is 19.3 Å². The molecule has 19 heavy (non-hydrogen) atoms. The highest BCUT2D eigenvalue weighted by atomic mass is 16.4. The van der Waals surface area contributed by atoms with Crippen LogP contribution in [-0.4, -0.2) is 34.1 Å². The fourth-order valence-electron chi connectivity index (χ4n) is 2.36. The lowest BCUT2D eigenvalue weighted by molar-refractivity contribution is -0.143. The molecule has 1 aliphatic carbocycles. The van der Waals surface area contributed by atoms with Gasteiger partial charge in [0.1, 0.15) is 6.04 Å². The first-order chi connectivity index (χ1) is 9.00. The highest BCUT2D eigenvalue weighted by molar-refractivity contribution is 5.85. The molecule has 1 amide bonds. The lowest BCUT2D eigenvalue weighted by Crippen LogP contribution is -2.43. The fraction of sp³-hybridized carbons (Fsp3) is 0.769. The van der Waals surface area contributed by atoms with Crippen LogP contribution in [-0.2, 0) is 14.4 Å². The summed E-state index contributed by atoms with van der Waals surface area (Å²) in [6, 6.07) is -1.10. The Kier molecular flexibility index (Phi) is 6.32. The third-order valence-electron chi connectivity index (χ3n) is 3.49. The summed E-state index contributed by atoms with van der Waals surface area (Å²) in [5.74, 6) is -2.62. The number of carbonyl (C=O) groups excluding carboxylic acids is 1. The Morgan fingerprint density at radius 3 is 2.11 bits per heavy atom. The van der Waals surface area contributed by atoms with E-state index in [2.05, 4.69) is 5.32 Å². The second kappa shape index (κ2) is 7.76. The highest BCUT2D eigenvalue weighted by Crippen LogP contribution is 2.23. The number of carboxylic acids is 2. The number of rotatable bonds is 6. The Labute approximate surface area is 112 Å². The van der Waals surface area contributed by atoms with Crippen LogP contribution in [0.3, 0.4) is 0 Å². The van der Waals surface area contributed by atoms with Gasteiger partial charge in [0, 0.05) is 12.3 Å².